The fourth-order valence-electron chi connectivity index (χ4n) is 0.938. The van der Waals surface area contributed by atoms with E-state index in [2.05, 4.69) is 6.92 Å². The zero-order chi connectivity index (χ0) is 10.0. The summed E-state index contributed by atoms with van der Waals surface area (Å²) in [6, 6.07) is 1.56. The van der Waals surface area contributed by atoms with E-state index in [1.54, 1.807) is 0 Å². The quantitative estimate of drug-likeness (QED) is 0.647. The van der Waals surface area contributed by atoms with Crippen LogP contribution in [0.15, 0.2) is 12.1 Å². The van der Waals surface area contributed by atoms with Crippen molar-refractivity contribution in [2.45, 2.75) is 6.42 Å². The molecule has 0 aliphatic heterocycles. The number of benzene rings is 1. The van der Waals surface area contributed by atoms with Crippen LogP contribution < -0.4 is 0 Å². The Morgan fingerprint density at radius 1 is 1.23 bits per heavy atom. The molecule has 0 fully saturated rings. The van der Waals surface area contributed by atoms with Crippen LogP contribution in [-0.4, -0.2) is 5.78 Å². The van der Waals surface area contributed by atoms with E-state index in [-0.39, 0.29) is 12.0 Å². The summed E-state index contributed by atoms with van der Waals surface area (Å²) < 4.78 is 37.5. The van der Waals surface area contributed by atoms with E-state index in [1.165, 1.54) is 0 Å². The summed E-state index contributed by atoms with van der Waals surface area (Å²) in [5, 5.41) is 0. The van der Waals surface area contributed by atoms with Crippen molar-refractivity contribution in [3.8, 4) is 0 Å². The van der Waals surface area contributed by atoms with Crippen LogP contribution in [0.5, 0.6) is 0 Å². The predicted octanol–water partition coefficient (Wildman–Crippen LogP) is 2.05. The summed E-state index contributed by atoms with van der Waals surface area (Å²) in [6.07, 6.45) is -0.200. The van der Waals surface area contributed by atoms with E-state index < -0.39 is 23.2 Å². The molecule has 0 amide bonds. The van der Waals surface area contributed by atoms with Crippen molar-refractivity contribution in [1.82, 2.24) is 0 Å². The van der Waals surface area contributed by atoms with E-state index in [0.717, 1.165) is 12.1 Å². The molecule has 0 aliphatic rings. The Labute approximate surface area is 73.2 Å². The van der Waals surface area contributed by atoms with Crippen molar-refractivity contribution in [2.75, 3.05) is 0 Å². The third kappa shape index (κ3) is 2.31. The monoisotopic (exact) mass is 187 g/mol. The molecule has 0 heterocycles. The van der Waals surface area contributed by atoms with Gasteiger partial charge in [-0.3, -0.25) is 4.79 Å². The average Bonchev–Trinajstić information content (AvgIpc) is 1.98. The van der Waals surface area contributed by atoms with Gasteiger partial charge in [-0.15, -0.1) is 0 Å². The first-order valence-corrected chi connectivity index (χ1v) is 3.49. The molecule has 0 spiro atoms. The average molecular weight is 187 g/mol. The second kappa shape index (κ2) is 3.60. The lowest BCUT2D eigenvalue weighted by molar-refractivity contribution is -0.114. The summed E-state index contributed by atoms with van der Waals surface area (Å²) in [7, 11) is 0. The van der Waals surface area contributed by atoms with Gasteiger partial charge in [0.1, 0.15) is 5.78 Å². The van der Waals surface area contributed by atoms with Gasteiger partial charge < -0.3 is 0 Å². The molecule has 0 aliphatic carbocycles. The van der Waals surface area contributed by atoms with Crippen LogP contribution in [-0.2, 0) is 11.2 Å². The third-order valence-corrected chi connectivity index (χ3v) is 1.44. The SMILES string of the molecule is [CH2]C(=O)Cc1cc(F)c(F)c(F)c1. The lowest BCUT2D eigenvalue weighted by Crippen LogP contribution is -2.00. The number of hydrogen-bond donors (Lipinski definition) is 0. The Morgan fingerprint density at radius 2 is 1.69 bits per heavy atom. The first-order valence-electron chi connectivity index (χ1n) is 3.49. The second-order valence-corrected chi connectivity index (χ2v) is 2.59. The number of Topliss-reactive ketones (excluding diaryl/α,β-unsaturated/α-hetero) is 1. The molecule has 1 aromatic rings. The van der Waals surface area contributed by atoms with Gasteiger partial charge in [0.15, 0.2) is 17.5 Å². The van der Waals surface area contributed by atoms with Crippen LogP contribution in [0, 0.1) is 24.4 Å². The number of hydrogen-bond acceptors (Lipinski definition) is 1. The molecule has 0 bridgehead atoms. The molecule has 0 unspecified atom stereocenters. The number of rotatable bonds is 2. The topological polar surface area (TPSA) is 17.1 Å². The lowest BCUT2D eigenvalue weighted by atomic mass is 10.1. The number of carbonyl (C=O) groups excluding carboxylic acids is 1. The largest absolute Gasteiger partial charge is 0.299 e. The Balaban J connectivity index is 3.06. The van der Waals surface area contributed by atoms with Crippen molar-refractivity contribution in [3.63, 3.8) is 0 Å². The molecule has 13 heavy (non-hydrogen) atoms. The minimum absolute atomic E-state index is 0.0800. The predicted molar refractivity (Wildman–Crippen MR) is 40.4 cm³/mol. The van der Waals surface area contributed by atoms with E-state index in [9.17, 15) is 18.0 Å². The third-order valence-electron chi connectivity index (χ3n) is 1.44. The van der Waals surface area contributed by atoms with Crippen LogP contribution in [0.2, 0.25) is 0 Å². The molecular formula is C9H6F3O. The number of carbonyl (C=O) groups is 1. The Morgan fingerprint density at radius 3 is 2.08 bits per heavy atom. The van der Waals surface area contributed by atoms with Crippen molar-refractivity contribution in [2.24, 2.45) is 0 Å². The van der Waals surface area contributed by atoms with Crippen molar-refractivity contribution in [3.05, 3.63) is 42.1 Å². The maximum atomic E-state index is 12.5. The number of ketones is 1. The molecule has 1 radical (unpaired) electrons. The highest BCUT2D eigenvalue weighted by Gasteiger charge is 2.10. The summed E-state index contributed by atoms with van der Waals surface area (Å²) in [5.74, 6) is -4.60. The van der Waals surface area contributed by atoms with Gasteiger partial charge in [-0.1, -0.05) is 0 Å². The summed E-state index contributed by atoms with van der Waals surface area (Å²) in [4.78, 5) is 10.5. The molecule has 1 aromatic carbocycles. The van der Waals surface area contributed by atoms with Gasteiger partial charge >= 0.3 is 0 Å². The van der Waals surface area contributed by atoms with Crippen LogP contribution in [0.3, 0.4) is 0 Å². The van der Waals surface area contributed by atoms with Gasteiger partial charge in [-0.25, -0.2) is 13.2 Å². The summed E-state index contributed by atoms with van der Waals surface area (Å²) in [5.41, 5.74) is 0.0800. The molecule has 1 rings (SSSR count). The van der Waals surface area contributed by atoms with Crippen LogP contribution in [0.1, 0.15) is 5.56 Å². The standard InChI is InChI=1S/C9H6F3O/c1-5(13)2-6-3-7(10)9(12)8(11)4-6/h3-4H,1-2H2. The maximum Gasteiger partial charge on any atom is 0.194 e. The highest BCUT2D eigenvalue weighted by molar-refractivity contribution is 5.84. The minimum Gasteiger partial charge on any atom is -0.299 e. The van der Waals surface area contributed by atoms with E-state index in [1.807, 2.05) is 0 Å². The Bertz CT molecular complexity index is 324. The lowest BCUT2D eigenvalue weighted by Gasteiger charge is -2.00. The Hall–Kier alpha value is -1.32. The molecule has 0 atom stereocenters. The highest BCUT2D eigenvalue weighted by atomic mass is 19.2. The zero-order valence-corrected chi connectivity index (χ0v) is 6.61. The molecule has 0 saturated carbocycles. The fourth-order valence-corrected chi connectivity index (χ4v) is 0.938. The zero-order valence-electron chi connectivity index (χ0n) is 6.61. The van der Waals surface area contributed by atoms with Crippen molar-refractivity contribution in [1.29, 1.82) is 0 Å². The van der Waals surface area contributed by atoms with Gasteiger partial charge in [-0.2, -0.15) is 0 Å². The van der Waals surface area contributed by atoms with Crippen molar-refractivity contribution < 1.29 is 18.0 Å². The normalized spacial score (nSPS) is 10.2. The van der Waals surface area contributed by atoms with E-state index >= 15 is 0 Å². The second-order valence-electron chi connectivity index (χ2n) is 2.59. The molecule has 0 aromatic heterocycles. The fraction of sp³-hybridized carbons (Fsp3) is 0.111. The molecule has 4 heteroatoms. The van der Waals surface area contributed by atoms with E-state index in [0.29, 0.717) is 0 Å². The number of halogens is 3. The van der Waals surface area contributed by atoms with E-state index in [4.69, 9.17) is 0 Å². The first kappa shape index (κ1) is 9.77. The minimum atomic E-state index is -1.53. The first-order chi connectivity index (χ1) is 6.00. The molecule has 69 valence electrons. The van der Waals surface area contributed by atoms with Crippen LogP contribution in [0.4, 0.5) is 13.2 Å². The maximum absolute atomic E-state index is 12.5. The summed E-state index contributed by atoms with van der Waals surface area (Å²) >= 11 is 0. The van der Waals surface area contributed by atoms with Gasteiger partial charge in [0, 0.05) is 13.3 Å². The summed E-state index contributed by atoms with van der Waals surface area (Å²) in [6.45, 7) is 3.04. The Kier molecular flexibility index (Phi) is 2.70. The molecule has 0 N–H and O–H groups in total. The van der Waals surface area contributed by atoms with Gasteiger partial charge in [0.05, 0.1) is 0 Å². The van der Waals surface area contributed by atoms with Crippen molar-refractivity contribution >= 4 is 5.78 Å². The highest BCUT2D eigenvalue weighted by Crippen LogP contribution is 2.13. The van der Waals surface area contributed by atoms with Gasteiger partial charge in [-0.05, 0) is 17.7 Å². The van der Waals surface area contributed by atoms with Gasteiger partial charge in [0.2, 0.25) is 0 Å². The van der Waals surface area contributed by atoms with Gasteiger partial charge in [0.25, 0.3) is 0 Å². The molecule has 0 saturated heterocycles. The van der Waals surface area contributed by atoms with Crippen LogP contribution in [0.25, 0.3) is 0 Å². The smallest absolute Gasteiger partial charge is 0.194 e. The molecule has 1 nitrogen and oxygen atoms in total. The molecular weight excluding hydrogens is 181 g/mol. The van der Waals surface area contributed by atoms with Crippen LogP contribution >= 0.6 is 0 Å².